The third-order valence-electron chi connectivity index (χ3n) is 2.85. The fourth-order valence-electron chi connectivity index (χ4n) is 1.70. The second-order valence-corrected chi connectivity index (χ2v) is 5.99. The van der Waals surface area contributed by atoms with Gasteiger partial charge in [0.1, 0.15) is 5.75 Å². The van der Waals surface area contributed by atoms with Gasteiger partial charge in [-0.15, -0.1) is 0 Å². The minimum atomic E-state index is -5.69. The van der Waals surface area contributed by atoms with Gasteiger partial charge < -0.3 is 9.92 Å². The molecule has 0 aromatic heterocycles. The summed E-state index contributed by atoms with van der Waals surface area (Å²) in [5.74, 6) is -1.04. The first-order valence-corrected chi connectivity index (χ1v) is 7.52. The number of alkyl halides is 3. The molecule has 2 N–H and O–H groups in total. The number of amides is 1. The SMILES string of the molecule is NC(=O)c1ccc(-c2ccc(OS(=O)(=O)C(F)(F)F)cc2)cc1. The first-order valence-electron chi connectivity index (χ1n) is 6.11. The lowest BCUT2D eigenvalue weighted by Gasteiger charge is -2.10. The zero-order valence-corrected chi connectivity index (χ0v) is 12.2. The lowest BCUT2D eigenvalue weighted by molar-refractivity contribution is -0.0500. The van der Waals surface area contributed by atoms with E-state index in [0.29, 0.717) is 16.7 Å². The summed E-state index contributed by atoms with van der Waals surface area (Å²) in [5.41, 5.74) is 1.19. The molecule has 0 atom stereocenters. The molecule has 2 rings (SSSR count). The second-order valence-electron chi connectivity index (χ2n) is 4.45. The van der Waals surface area contributed by atoms with Crippen LogP contribution in [-0.2, 0) is 10.1 Å². The Morgan fingerprint density at radius 2 is 1.35 bits per heavy atom. The lowest BCUT2D eigenvalue weighted by atomic mass is 10.0. The van der Waals surface area contributed by atoms with Crippen molar-refractivity contribution < 1.29 is 30.6 Å². The van der Waals surface area contributed by atoms with Crippen LogP contribution in [0.15, 0.2) is 48.5 Å². The zero-order chi connectivity index (χ0) is 17.3. The standard InChI is InChI=1S/C14H10F3NO4S/c15-14(16,17)23(20,21)22-12-7-5-10(6-8-12)9-1-3-11(4-2-9)13(18)19/h1-8H,(H2,18,19). The summed E-state index contributed by atoms with van der Waals surface area (Å²) < 4.78 is 62.4. The summed E-state index contributed by atoms with van der Waals surface area (Å²) in [7, 11) is -5.69. The highest BCUT2D eigenvalue weighted by Gasteiger charge is 2.48. The van der Waals surface area contributed by atoms with E-state index in [1.807, 2.05) is 0 Å². The number of benzene rings is 2. The molecule has 0 unspecified atom stereocenters. The molecule has 0 aliphatic carbocycles. The molecule has 2 aromatic carbocycles. The Balaban J connectivity index is 2.21. The van der Waals surface area contributed by atoms with Crippen LogP contribution in [0.1, 0.15) is 10.4 Å². The van der Waals surface area contributed by atoms with Gasteiger partial charge >= 0.3 is 15.6 Å². The Labute approximate surface area is 129 Å². The first-order chi connectivity index (χ1) is 10.6. The van der Waals surface area contributed by atoms with Crippen LogP contribution in [0.4, 0.5) is 13.2 Å². The Morgan fingerprint density at radius 3 is 1.74 bits per heavy atom. The maximum Gasteiger partial charge on any atom is 0.534 e. The Hall–Kier alpha value is -2.55. The predicted octanol–water partition coefficient (Wildman–Crippen LogP) is 2.68. The van der Waals surface area contributed by atoms with Crippen molar-refractivity contribution in [1.29, 1.82) is 0 Å². The number of carbonyl (C=O) groups excluding carboxylic acids is 1. The summed E-state index contributed by atoms with van der Waals surface area (Å²) in [6.45, 7) is 0. The highest BCUT2D eigenvalue weighted by atomic mass is 32.2. The molecule has 0 spiro atoms. The van der Waals surface area contributed by atoms with Crippen molar-refractivity contribution in [2.24, 2.45) is 5.73 Å². The number of hydrogen-bond acceptors (Lipinski definition) is 4. The molecule has 2 aromatic rings. The fraction of sp³-hybridized carbons (Fsp3) is 0.0714. The summed E-state index contributed by atoms with van der Waals surface area (Å²) in [6, 6.07) is 11.2. The van der Waals surface area contributed by atoms with Crippen LogP contribution in [0.3, 0.4) is 0 Å². The van der Waals surface area contributed by atoms with E-state index in [9.17, 15) is 26.4 Å². The van der Waals surface area contributed by atoms with Gasteiger partial charge in [-0.3, -0.25) is 4.79 Å². The quantitative estimate of drug-likeness (QED) is 0.682. The lowest BCUT2D eigenvalue weighted by Crippen LogP contribution is -2.28. The average Bonchev–Trinajstić information content (AvgIpc) is 2.46. The van der Waals surface area contributed by atoms with Crippen molar-refractivity contribution in [3.05, 3.63) is 54.1 Å². The molecule has 0 heterocycles. The largest absolute Gasteiger partial charge is 0.534 e. The average molecular weight is 345 g/mol. The van der Waals surface area contributed by atoms with Gasteiger partial charge in [0, 0.05) is 5.56 Å². The van der Waals surface area contributed by atoms with E-state index in [4.69, 9.17) is 5.73 Å². The highest BCUT2D eigenvalue weighted by Crippen LogP contribution is 2.28. The van der Waals surface area contributed by atoms with Crippen LogP contribution < -0.4 is 9.92 Å². The molecule has 0 aliphatic rings. The van der Waals surface area contributed by atoms with Gasteiger partial charge in [-0.05, 0) is 35.4 Å². The number of primary amides is 1. The summed E-state index contributed by atoms with van der Waals surface area (Å²) in [4.78, 5) is 11.0. The molecule has 122 valence electrons. The van der Waals surface area contributed by atoms with E-state index < -0.39 is 27.3 Å². The van der Waals surface area contributed by atoms with Gasteiger partial charge in [0.05, 0.1) is 0 Å². The molecule has 9 heteroatoms. The summed E-state index contributed by atoms with van der Waals surface area (Å²) in [6.07, 6.45) is 0. The minimum Gasteiger partial charge on any atom is -0.376 e. The predicted molar refractivity (Wildman–Crippen MR) is 76.0 cm³/mol. The highest BCUT2D eigenvalue weighted by molar-refractivity contribution is 7.88. The monoisotopic (exact) mass is 345 g/mol. The van der Waals surface area contributed by atoms with Crippen molar-refractivity contribution >= 4 is 16.0 Å². The molecule has 0 saturated carbocycles. The van der Waals surface area contributed by atoms with Gasteiger partial charge in [-0.25, -0.2) is 0 Å². The van der Waals surface area contributed by atoms with E-state index in [1.54, 1.807) is 12.1 Å². The van der Waals surface area contributed by atoms with Crippen LogP contribution in [0.2, 0.25) is 0 Å². The van der Waals surface area contributed by atoms with Gasteiger partial charge in [-0.1, -0.05) is 24.3 Å². The molecule has 0 saturated heterocycles. The molecule has 0 radical (unpaired) electrons. The van der Waals surface area contributed by atoms with Crippen LogP contribution in [0.25, 0.3) is 11.1 Å². The van der Waals surface area contributed by atoms with Crippen LogP contribution in [0, 0.1) is 0 Å². The summed E-state index contributed by atoms with van der Waals surface area (Å²) >= 11 is 0. The molecule has 5 nitrogen and oxygen atoms in total. The maximum absolute atomic E-state index is 12.2. The fourth-order valence-corrected chi connectivity index (χ4v) is 2.16. The van der Waals surface area contributed by atoms with E-state index in [2.05, 4.69) is 4.18 Å². The van der Waals surface area contributed by atoms with E-state index in [0.717, 1.165) is 12.1 Å². The smallest absolute Gasteiger partial charge is 0.376 e. The molecular weight excluding hydrogens is 335 g/mol. The van der Waals surface area contributed by atoms with Crippen LogP contribution in [0.5, 0.6) is 5.75 Å². The Kier molecular flexibility index (Phi) is 4.33. The number of nitrogens with two attached hydrogens (primary N) is 1. The third-order valence-corrected chi connectivity index (χ3v) is 3.83. The van der Waals surface area contributed by atoms with Gasteiger partial charge in [0.25, 0.3) is 0 Å². The van der Waals surface area contributed by atoms with Gasteiger partial charge in [0.2, 0.25) is 5.91 Å². The van der Waals surface area contributed by atoms with E-state index >= 15 is 0 Å². The normalized spacial score (nSPS) is 12.0. The minimum absolute atomic E-state index is 0.310. The number of rotatable bonds is 4. The Morgan fingerprint density at radius 1 is 0.913 bits per heavy atom. The molecule has 0 bridgehead atoms. The number of halogens is 3. The number of carbonyl (C=O) groups is 1. The molecule has 0 fully saturated rings. The van der Waals surface area contributed by atoms with E-state index in [-0.39, 0.29) is 0 Å². The maximum atomic E-state index is 12.2. The van der Waals surface area contributed by atoms with Crippen LogP contribution in [-0.4, -0.2) is 19.8 Å². The zero-order valence-electron chi connectivity index (χ0n) is 11.4. The van der Waals surface area contributed by atoms with Crippen LogP contribution >= 0.6 is 0 Å². The van der Waals surface area contributed by atoms with Gasteiger partial charge in [0.15, 0.2) is 0 Å². The molecule has 0 aliphatic heterocycles. The topological polar surface area (TPSA) is 86.5 Å². The first kappa shape index (κ1) is 16.8. The second kappa shape index (κ2) is 5.92. The van der Waals surface area contributed by atoms with Crippen molar-refractivity contribution in [3.8, 4) is 16.9 Å². The van der Waals surface area contributed by atoms with Crippen molar-refractivity contribution in [1.82, 2.24) is 0 Å². The number of hydrogen-bond donors (Lipinski definition) is 1. The third kappa shape index (κ3) is 3.81. The molecular formula is C14H10F3NO4S. The van der Waals surface area contributed by atoms with Gasteiger partial charge in [-0.2, -0.15) is 21.6 Å². The van der Waals surface area contributed by atoms with E-state index in [1.165, 1.54) is 24.3 Å². The Bertz CT molecular complexity index is 813. The van der Waals surface area contributed by atoms with Crippen molar-refractivity contribution in [2.45, 2.75) is 5.51 Å². The molecule has 1 amide bonds. The van der Waals surface area contributed by atoms with Crippen molar-refractivity contribution in [2.75, 3.05) is 0 Å². The summed E-state index contributed by atoms with van der Waals surface area (Å²) in [5, 5.41) is 0. The van der Waals surface area contributed by atoms with Crippen molar-refractivity contribution in [3.63, 3.8) is 0 Å². The molecule has 23 heavy (non-hydrogen) atoms.